The van der Waals surface area contributed by atoms with Crippen LogP contribution in [0, 0.1) is 16.0 Å². The van der Waals surface area contributed by atoms with Crippen LogP contribution >= 0.6 is 0 Å². The Balaban J connectivity index is 1.65. The quantitative estimate of drug-likeness (QED) is 0.471. The number of hydrogen-bond acceptors (Lipinski definition) is 5. The first-order chi connectivity index (χ1) is 15.4. The fraction of sp³-hybridized carbons (Fsp3) is 0.583. The lowest BCUT2D eigenvalue weighted by molar-refractivity contribution is -0.384. The number of piperidine rings is 1. The molecule has 9 nitrogen and oxygen atoms in total. The molecular weight excluding hydrogens is 424 g/mol. The fourth-order valence-electron chi connectivity index (χ4n) is 4.22. The molecule has 1 aromatic carbocycles. The van der Waals surface area contributed by atoms with E-state index < -0.39 is 10.5 Å². The van der Waals surface area contributed by atoms with Crippen LogP contribution in [-0.4, -0.2) is 62.6 Å². The topological polar surface area (TPSA) is 97.9 Å². The SMILES string of the molecule is CC(C)N(CC1CCCN(C(=O)Cn2ccc3cc([N+](=O)[O-])ccc32)C1)C(=O)OC(C)(C)C. The average molecular weight is 459 g/mol. The van der Waals surface area contributed by atoms with Crippen LogP contribution in [0.2, 0.25) is 0 Å². The molecule has 0 radical (unpaired) electrons. The number of carbonyl (C=O) groups is 2. The molecule has 0 saturated carbocycles. The molecule has 1 aliphatic heterocycles. The zero-order chi connectivity index (χ0) is 24.3. The summed E-state index contributed by atoms with van der Waals surface area (Å²) in [6.45, 7) is 11.5. The van der Waals surface area contributed by atoms with Crippen LogP contribution in [0.15, 0.2) is 30.5 Å². The van der Waals surface area contributed by atoms with Crippen molar-refractivity contribution in [1.29, 1.82) is 0 Å². The second kappa shape index (κ2) is 9.80. The van der Waals surface area contributed by atoms with E-state index in [1.54, 1.807) is 23.2 Å². The smallest absolute Gasteiger partial charge is 0.410 e. The molecule has 1 aromatic heterocycles. The molecule has 2 heterocycles. The summed E-state index contributed by atoms with van der Waals surface area (Å²) < 4.78 is 7.40. The molecule has 9 heteroatoms. The number of amides is 2. The van der Waals surface area contributed by atoms with Gasteiger partial charge in [0.2, 0.25) is 5.91 Å². The number of non-ortho nitro benzene ring substituents is 1. The molecule has 0 bridgehead atoms. The molecule has 180 valence electrons. The number of nitro groups is 1. The van der Waals surface area contributed by atoms with E-state index in [1.165, 1.54) is 12.1 Å². The zero-order valence-electron chi connectivity index (χ0n) is 20.1. The number of fused-ring (bicyclic) bond motifs is 1. The highest BCUT2D eigenvalue weighted by molar-refractivity contribution is 5.85. The van der Waals surface area contributed by atoms with Gasteiger partial charge in [0, 0.05) is 54.9 Å². The van der Waals surface area contributed by atoms with Crippen LogP contribution in [0.1, 0.15) is 47.5 Å². The number of hydrogen-bond donors (Lipinski definition) is 0. The normalized spacial score (nSPS) is 16.8. The second-order valence-electron chi connectivity index (χ2n) is 10.0. The number of rotatable bonds is 6. The van der Waals surface area contributed by atoms with Crippen LogP contribution in [0.5, 0.6) is 0 Å². The minimum Gasteiger partial charge on any atom is -0.444 e. The van der Waals surface area contributed by atoms with Gasteiger partial charge in [-0.1, -0.05) is 0 Å². The van der Waals surface area contributed by atoms with Crippen LogP contribution in [0.25, 0.3) is 10.9 Å². The lowest BCUT2D eigenvalue weighted by atomic mass is 9.97. The third kappa shape index (κ3) is 6.24. The van der Waals surface area contributed by atoms with Crippen LogP contribution < -0.4 is 0 Å². The van der Waals surface area contributed by atoms with E-state index in [-0.39, 0.29) is 36.2 Å². The summed E-state index contributed by atoms with van der Waals surface area (Å²) in [5.74, 6) is 0.186. The van der Waals surface area contributed by atoms with Crippen molar-refractivity contribution in [3.05, 3.63) is 40.6 Å². The molecule has 1 aliphatic rings. The van der Waals surface area contributed by atoms with Crippen LogP contribution in [0.4, 0.5) is 10.5 Å². The van der Waals surface area contributed by atoms with Gasteiger partial charge in [-0.15, -0.1) is 0 Å². The van der Waals surface area contributed by atoms with Crippen LogP contribution in [0.3, 0.4) is 0 Å². The zero-order valence-corrected chi connectivity index (χ0v) is 20.1. The van der Waals surface area contributed by atoms with Gasteiger partial charge in [-0.05, 0) is 65.5 Å². The largest absolute Gasteiger partial charge is 0.444 e. The maximum atomic E-state index is 13.1. The fourth-order valence-corrected chi connectivity index (χ4v) is 4.22. The Morgan fingerprint density at radius 2 is 2.00 bits per heavy atom. The number of aromatic nitrogens is 1. The van der Waals surface area contributed by atoms with Crippen molar-refractivity contribution in [1.82, 2.24) is 14.4 Å². The molecule has 1 atom stereocenters. The lowest BCUT2D eigenvalue weighted by Gasteiger charge is -2.37. The van der Waals surface area contributed by atoms with E-state index in [0.717, 1.165) is 23.7 Å². The molecule has 2 aromatic rings. The standard InChI is InChI=1S/C24H34N4O5/c1-17(2)27(23(30)33-24(3,4)5)15-18-7-6-11-26(14-18)22(29)16-25-12-10-19-13-20(28(31)32)8-9-21(19)25/h8-10,12-13,17-18H,6-7,11,14-16H2,1-5H3. The van der Waals surface area contributed by atoms with E-state index in [9.17, 15) is 19.7 Å². The monoisotopic (exact) mass is 458 g/mol. The Morgan fingerprint density at radius 3 is 2.64 bits per heavy atom. The van der Waals surface area contributed by atoms with E-state index >= 15 is 0 Å². The highest BCUT2D eigenvalue weighted by Gasteiger charge is 2.30. The van der Waals surface area contributed by atoms with Crippen molar-refractivity contribution >= 4 is 28.6 Å². The first-order valence-electron chi connectivity index (χ1n) is 11.5. The Morgan fingerprint density at radius 1 is 1.27 bits per heavy atom. The number of nitrogens with zero attached hydrogens (tertiary/aromatic N) is 4. The van der Waals surface area contributed by atoms with Crippen molar-refractivity contribution in [3.63, 3.8) is 0 Å². The van der Waals surface area contributed by atoms with Crippen molar-refractivity contribution in [2.24, 2.45) is 5.92 Å². The van der Waals surface area contributed by atoms with Gasteiger partial charge >= 0.3 is 6.09 Å². The number of nitro benzene ring substituents is 1. The Kier molecular flexibility index (Phi) is 7.29. The number of benzene rings is 1. The van der Waals surface area contributed by atoms with Gasteiger partial charge in [-0.2, -0.15) is 0 Å². The van der Waals surface area contributed by atoms with Gasteiger partial charge in [-0.25, -0.2) is 4.79 Å². The molecule has 0 N–H and O–H groups in total. The number of likely N-dealkylation sites (tertiary alicyclic amines) is 1. The number of carbonyl (C=O) groups excluding carboxylic acids is 2. The van der Waals surface area contributed by atoms with E-state index in [1.807, 2.05) is 44.1 Å². The van der Waals surface area contributed by atoms with E-state index in [0.29, 0.717) is 19.6 Å². The average Bonchev–Trinajstić information content (AvgIpc) is 3.12. The highest BCUT2D eigenvalue weighted by Crippen LogP contribution is 2.24. The predicted octanol–water partition coefficient (Wildman–Crippen LogP) is 4.43. The molecule has 2 amide bonds. The first-order valence-corrected chi connectivity index (χ1v) is 11.5. The van der Waals surface area contributed by atoms with Gasteiger partial charge in [-0.3, -0.25) is 14.9 Å². The van der Waals surface area contributed by atoms with Crippen LogP contribution in [-0.2, 0) is 16.1 Å². The molecule has 1 unspecified atom stereocenters. The summed E-state index contributed by atoms with van der Waals surface area (Å²) >= 11 is 0. The minimum atomic E-state index is -0.557. The molecule has 0 spiro atoms. The summed E-state index contributed by atoms with van der Waals surface area (Å²) in [7, 11) is 0. The summed E-state index contributed by atoms with van der Waals surface area (Å²) in [6.07, 6.45) is 3.30. The number of ether oxygens (including phenoxy) is 1. The molecule has 1 saturated heterocycles. The van der Waals surface area contributed by atoms with Gasteiger partial charge in [0.15, 0.2) is 0 Å². The summed E-state index contributed by atoms with van der Waals surface area (Å²) in [5, 5.41) is 11.7. The van der Waals surface area contributed by atoms with Gasteiger partial charge in [0.25, 0.3) is 5.69 Å². The third-order valence-electron chi connectivity index (χ3n) is 5.85. The third-order valence-corrected chi connectivity index (χ3v) is 5.85. The van der Waals surface area contributed by atoms with Gasteiger partial charge in [0.05, 0.1) is 4.92 Å². The Bertz CT molecular complexity index is 1020. The van der Waals surface area contributed by atoms with Gasteiger partial charge < -0.3 is 19.1 Å². The molecule has 0 aliphatic carbocycles. The highest BCUT2D eigenvalue weighted by atomic mass is 16.6. The summed E-state index contributed by atoms with van der Waals surface area (Å²) in [5.41, 5.74) is 0.266. The van der Waals surface area contributed by atoms with Gasteiger partial charge in [0.1, 0.15) is 12.1 Å². The van der Waals surface area contributed by atoms with Crippen molar-refractivity contribution < 1.29 is 19.2 Å². The molecule has 33 heavy (non-hydrogen) atoms. The Hall–Kier alpha value is -3.10. The Labute approximate surface area is 194 Å². The van der Waals surface area contributed by atoms with Crippen molar-refractivity contribution in [2.45, 2.75) is 65.6 Å². The summed E-state index contributed by atoms with van der Waals surface area (Å²) in [4.78, 5) is 39.9. The van der Waals surface area contributed by atoms with E-state index in [4.69, 9.17) is 4.74 Å². The first kappa shape index (κ1) is 24.5. The second-order valence-corrected chi connectivity index (χ2v) is 10.0. The molecule has 1 fully saturated rings. The predicted molar refractivity (Wildman–Crippen MR) is 126 cm³/mol. The minimum absolute atomic E-state index is 0.00113. The van der Waals surface area contributed by atoms with E-state index in [2.05, 4.69) is 0 Å². The maximum absolute atomic E-state index is 13.1. The lowest BCUT2D eigenvalue weighted by Crippen LogP contribution is -2.48. The molecular formula is C24H34N4O5. The van der Waals surface area contributed by atoms with Crippen molar-refractivity contribution in [3.8, 4) is 0 Å². The molecule has 3 rings (SSSR count). The summed E-state index contributed by atoms with van der Waals surface area (Å²) in [6, 6.07) is 6.44. The van der Waals surface area contributed by atoms with Crippen molar-refractivity contribution in [2.75, 3.05) is 19.6 Å². The maximum Gasteiger partial charge on any atom is 0.410 e.